The summed E-state index contributed by atoms with van der Waals surface area (Å²) in [4.78, 5) is 0. The van der Waals surface area contributed by atoms with Gasteiger partial charge in [0.1, 0.15) is 0 Å². The van der Waals surface area contributed by atoms with Crippen molar-refractivity contribution >= 4 is 0 Å². The zero-order valence-corrected chi connectivity index (χ0v) is 11.4. The number of hydrogen-bond acceptors (Lipinski definition) is 2. The summed E-state index contributed by atoms with van der Waals surface area (Å²) in [5.74, 6) is 1.16. The maximum atomic E-state index is 11.0. The first-order valence-corrected chi connectivity index (χ1v) is 7.17. The van der Waals surface area contributed by atoms with Crippen molar-refractivity contribution in [1.29, 1.82) is 0 Å². The standard InChI is InChI=1S/C15H26O2/c1-13(2)8-11-10(13)4-6-14(3)9-15(11,17)7-5-12(14)16/h10-12,16-17H,4-9H2,1-3H3/t10-,11+,12+,14+,15-/m1/s1. The molecule has 0 aliphatic heterocycles. The molecular formula is C15H26O2. The highest BCUT2D eigenvalue weighted by molar-refractivity contribution is 5.12. The third kappa shape index (κ3) is 1.53. The lowest BCUT2D eigenvalue weighted by Crippen LogP contribution is -2.57. The molecule has 0 saturated heterocycles. The van der Waals surface area contributed by atoms with Crippen LogP contribution in [0.15, 0.2) is 0 Å². The van der Waals surface area contributed by atoms with Crippen LogP contribution in [0.4, 0.5) is 0 Å². The maximum Gasteiger partial charge on any atom is 0.0686 e. The molecule has 5 atom stereocenters. The molecule has 0 heterocycles. The van der Waals surface area contributed by atoms with Gasteiger partial charge in [-0.2, -0.15) is 0 Å². The average molecular weight is 238 g/mol. The molecule has 17 heavy (non-hydrogen) atoms. The van der Waals surface area contributed by atoms with Crippen LogP contribution in [0.3, 0.4) is 0 Å². The van der Waals surface area contributed by atoms with Crippen molar-refractivity contribution in [1.82, 2.24) is 0 Å². The monoisotopic (exact) mass is 238 g/mol. The fourth-order valence-corrected chi connectivity index (χ4v) is 5.10. The van der Waals surface area contributed by atoms with Crippen molar-refractivity contribution in [3.05, 3.63) is 0 Å². The van der Waals surface area contributed by atoms with E-state index in [-0.39, 0.29) is 11.5 Å². The van der Waals surface area contributed by atoms with Crippen LogP contribution in [-0.4, -0.2) is 21.9 Å². The predicted molar refractivity (Wildman–Crippen MR) is 67.5 cm³/mol. The Bertz CT molecular complexity index is 338. The second-order valence-electron chi connectivity index (χ2n) is 7.93. The third-order valence-electron chi connectivity index (χ3n) is 6.32. The first-order chi connectivity index (χ1) is 7.77. The number of hydrogen-bond donors (Lipinski definition) is 2. The zero-order chi connectivity index (χ0) is 12.5. The van der Waals surface area contributed by atoms with E-state index in [4.69, 9.17) is 0 Å². The number of aliphatic hydroxyl groups is 2. The average Bonchev–Trinajstić information content (AvgIpc) is 2.28. The summed E-state index contributed by atoms with van der Waals surface area (Å²) in [6, 6.07) is 0. The van der Waals surface area contributed by atoms with Crippen LogP contribution in [0.5, 0.6) is 0 Å². The highest BCUT2D eigenvalue weighted by atomic mass is 16.3. The van der Waals surface area contributed by atoms with Crippen LogP contribution in [0, 0.1) is 22.7 Å². The van der Waals surface area contributed by atoms with Crippen molar-refractivity contribution in [2.45, 2.75) is 71.0 Å². The summed E-state index contributed by atoms with van der Waals surface area (Å²) in [6.07, 6.45) is 5.65. The number of fused-ring (bicyclic) bond motifs is 4. The zero-order valence-electron chi connectivity index (χ0n) is 11.4. The minimum absolute atomic E-state index is 0.0413. The Kier molecular flexibility index (Phi) is 2.30. The molecular weight excluding hydrogens is 212 g/mol. The first kappa shape index (κ1) is 12.0. The molecule has 2 nitrogen and oxygen atoms in total. The lowest BCUT2D eigenvalue weighted by atomic mass is 9.49. The molecule has 3 aliphatic rings. The molecule has 3 aliphatic carbocycles. The maximum absolute atomic E-state index is 11.0. The van der Waals surface area contributed by atoms with E-state index < -0.39 is 5.60 Å². The lowest BCUT2D eigenvalue weighted by Gasteiger charge is -2.58. The molecule has 0 radical (unpaired) electrons. The topological polar surface area (TPSA) is 40.5 Å². The summed E-state index contributed by atoms with van der Waals surface area (Å²) in [5, 5.41) is 21.2. The molecule has 3 saturated carbocycles. The van der Waals surface area contributed by atoms with Gasteiger partial charge in [0.2, 0.25) is 0 Å². The van der Waals surface area contributed by atoms with Crippen molar-refractivity contribution < 1.29 is 10.2 Å². The summed E-state index contributed by atoms with van der Waals surface area (Å²) in [5.41, 5.74) is -0.121. The highest BCUT2D eigenvalue weighted by Gasteiger charge is 2.61. The van der Waals surface area contributed by atoms with Crippen LogP contribution in [0.1, 0.15) is 59.3 Å². The molecule has 0 aromatic carbocycles. The van der Waals surface area contributed by atoms with E-state index in [1.807, 2.05) is 0 Å². The smallest absolute Gasteiger partial charge is 0.0686 e. The van der Waals surface area contributed by atoms with Crippen molar-refractivity contribution in [2.24, 2.45) is 22.7 Å². The van der Waals surface area contributed by atoms with E-state index in [0.717, 1.165) is 25.7 Å². The van der Waals surface area contributed by atoms with Gasteiger partial charge >= 0.3 is 0 Å². The lowest BCUT2D eigenvalue weighted by molar-refractivity contribution is -0.176. The van der Waals surface area contributed by atoms with Gasteiger partial charge in [0, 0.05) is 0 Å². The van der Waals surface area contributed by atoms with Crippen LogP contribution in [-0.2, 0) is 0 Å². The van der Waals surface area contributed by atoms with Crippen LogP contribution in [0.25, 0.3) is 0 Å². The molecule has 0 spiro atoms. The van der Waals surface area contributed by atoms with Gasteiger partial charge in [0.25, 0.3) is 0 Å². The van der Waals surface area contributed by atoms with Gasteiger partial charge < -0.3 is 10.2 Å². The second kappa shape index (κ2) is 3.27. The van der Waals surface area contributed by atoms with E-state index in [9.17, 15) is 10.2 Å². The van der Waals surface area contributed by atoms with E-state index in [1.165, 1.54) is 12.8 Å². The molecule has 0 aromatic rings. The molecule has 2 N–H and O–H groups in total. The quantitative estimate of drug-likeness (QED) is 0.681. The minimum Gasteiger partial charge on any atom is -0.393 e. The Morgan fingerprint density at radius 2 is 1.71 bits per heavy atom. The fourth-order valence-electron chi connectivity index (χ4n) is 5.10. The van der Waals surface area contributed by atoms with Gasteiger partial charge in [-0.25, -0.2) is 0 Å². The summed E-state index contributed by atoms with van der Waals surface area (Å²) >= 11 is 0. The normalized spacial score (nSPS) is 56.6. The molecule has 0 unspecified atom stereocenters. The van der Waals surface area contributed by atoms with E-state index in [2.05, 4.69) is 20.8 Å². The van der Waals surface area contributed by atoms with Crippen molar-refractivity contribution in [3.63, 3.8) is 0 Å². The molecule has 2 heteroatoms. The van der Waals surface area contributed by atoms with E-state index in [0.29, 0.717) is 17.3 Å². The van der Waals surface area contributed by atoms with Gasteiger partial charge in [-0.1, -0.05) is 20.8 Å². The van der Waals surface area contributed by atoms with Crippen LogP contribution in [0.2, 0.25) is 0 Å². The Labute approximate surface area is 104 Å². The van der Waals surface area contributed by atoms with Crippen LogP contribution >= 0.6 is 0 Å². The first-order valence-electron chi connectivity index (χ1n) is 7.17. The fraction of sp³-hybridized carbons (Fsp3) is 1.00. The third-order valence-corrected chi connectivity index (χ3v) is 6.32. The Morgan fingerprint density at radius 1 is 1.00 bits per heavy atom. The van der Waals surface area contributed by atoms with Crippen molar-refractivity contribution in [3.8, 4) is 0 Å². The molecule has 0 aromatic heterocycles. The molecule has 2 bridgehead atoms. The SMILES string of the molecule is CC1(C)C[C@H]2[C@H]1CC[C@@]1(C)C[C@]2(O)CC[C@@H]1O. The van der Waals surface area contributed by atoms with Gasteiger partial charge in [-0.15, -0.1) is 0 Å². The Morgan fingerprint density at radius 3 is 2.35 bits per heavy atom. The van der Waals surface area contributed by atoms with E-state index >= 15 is 0 Å². The second-order valence-corrected chi connectivity index (χ2v) is 7.93. The largest absolute Gasteiger partial charge is 0.393 e. The van der Waals surface area contributed by atoms with Crippen molar-refractivity contribution in [2.75, 3.05) is 0 Å². The minimum atomic E-state index is -0.481. The van der Waals surface area contributed by atoms with Gasteiger partial charge in [-0.3, -0.25) is 0 Å². The number of aliphatic hydroxyl groups excluding tert-OH is 1. The van der Waals surface area contributed by atoms with Gasteiger partial charge in [0.05, 0.1) is 11.7 Å². The van der Waals surface area contributed by atoms with Gasteiger partial charge in [-0.05, 0) is 61.2 Å². The molecule has 3 rings (SSSR count). The molecule has 3 fully saturated rings. The van der Waals surface area contributed by atoms with E-state index in [1.54, 1.807) is 0 Å². The summed E-state index contributed by atoms with van der Waals surface area (Å²) < 4.78 is 0. The molecule has 98 valence electrons. The summed E-state index contributed by atoms with van der Waals surface area (Å²) in [6.45, 7) is 6.86. The highest BCUT2D eigenvalue weighted by Crippen LogP contribution is 2.64. The Balaban J connectivity index is 1.93. The number of rotatable bonds is 0. The Hall–Kier alpha value is -0.0800. The van der Waals surface area contributed by atoms with Gasteiger partial charge in [0.15, 0.2) is 0 Å². The predicted octanol–water partition coefficient (Wildman–Crippen LogP) is 2.72. The van der Waals surface area contributed by atoms with Crippen LogP contribution < -0.4 is 0 Å². The summed E-state index contributed by atoms with van der Waals surface area (Å²) in [7, 11) is 0. The molecule has 0 amide bonds.